The topological polar surface area (TPSA) is 95.1 Å². The van der Waals surface area contributed by atoms with Crippen molar-refractivity contribution in [1.29, 1.82) is 0 Å². The van der Waals surface area contributed by atoms with E-state index in [4.69, 9.17) is 5.11 Å². The summed E-state index contributed by atoms with van der Waals surface area (Å²) < 4.78 is 0. The van der Waals surface area contributed by atoms with Gasteiger partial charge in [-0.25, -0.2) is 9.78 Å². The maximum atomic E-state index is 11.8. The molecule has 0 aromatic carbocycles. The number of carbonyl (C=O) groups is 1. The highest BCUT2D eigenvalue weighted by molar-refractivity contribution is 7.18. The van der Waals surface area contributed by atoms with Crippen LogP contribution in [0.25, 0.3) is 10.2 Å². The summed E-state index contributed by atoms with van der Waals surface area (Å²) in [6.45, 7) is 1.20. The van der Waals surface area contributed by atoms with E-state index >= 15 is 0 Å². The standard InChI is InChI=1S/C10H8N2O3S.C8H11NS/c13-8-6-4-2-1-3-5(4)16-9(6)12-7(11-8)10(14)15;1-3-7(9-5-1)8-4-2-6-10-8/h1-3H2,(H,14,15)(H,11,12,13);2,4,6-7,9H,1,3,5H2. The molecule has 0 radical (unpaired) electrons. The zero-order chi connectivity index (χ0) is 18.1. The lowest BCUT2D eigenvalue weighted by Gasteiger charge is -2.04. The van der Waals surface area contributed by atoms with Gasteiger partial charge in [0, 0.05) is 15.8 Å². The number of nitrogens with one attached hydrogen (secondary N) is 2. The van der Waals surface area contributed by atoms with Crippen LogP contribution in [-0.2, 0) is 12.8 Å². The van der Waals surface area contributed by atoms with Gasteiger partial charge in [0.15, 0.2) is 0 Å². The van der Waals surface area contributed by atoms with Gasteiger partial charge in [-0.05, 0) is 55.7 Å². The van der Waals surface area contributed by atoms with E-state index in [0.29, 0.717) is 16.3 Å². The highest BCUT2D eigenvalue weighted by Gasteiger charge is 2.22. The quantitative estimate of drug-likeness (QED) is 0.625. The van der Waals surface area contributed by atoms with Crippen LogP contribution in [0.3, 0.4) is 0 Å². The molecule has 136 valence electrons. The van der Waals surface area contributed by atoms with Crippen molar-refractivity contribution in [3.05, 3.63) is 49.0 Å². The Hall–Kier alpha value is -2.03. The second-order valence-corrected chi connectivity index (χ2v) is 8.48. The first-order valence-electron chi connectivity index (χ1n) is 8.68. The second-order valence-electron chi connectivity index (χ2n) is 6.42. The number of aromatic carboxylic acids is 1. The first kappa shape index (κ1) is 17.4. The molecule has 0 spiro atoms. The fourth-order valence-electron chi connectivity index (χ4n) is 3.52. The van der Waals surface area contributed by atoms with Gasteiger partial charge < -0.3 is 15.4 Å². The molecule has 3 N–H and O–H groups in total. The van der Waals surface area contributed by atoms with Crippen molar-refractivity contribution in [1.82, 2.24) is 15.3 Å². The predicted molar refractivity (Wildman–Crippen MR) is 104 cm³/mol. The third kappa shape index (κ3) is 3.32. The van der Waals surface area contributed by atoms with Crippen LogP contribution in [0, 0.1) is 0 Å². The molecule has 8 heteroatoms. The summed E-state index contributed by atoms with van der Waals surface area (Å²) in [7, 11) is 0. The summed E-state index contributed by atoms with van der Waals surface area (Å²) in [4.78, 5) is 32.0. The van der Waals surface area contributed by atoms with Crippen molar-refractivity contribution in [2.75, 3.05) is 6.54 Å². The smallest absolute Gasteiger partial charge is 0.372 e. The van der Waals surface area contributed by atoms with Crippen LogP contribution in [0.5, 0.6) is 0 Å². The molecule has 3 aromatic rings. The van der Waals surface area contributed by atoms with Gasteiger partial charge in [0.25, 0.3) is 5.56 Å². The summed E-state index contributed by atoms with van der Waals surface area (Å²) >= 11 is 3.30. The van der Waals surface area contributed by atoms with E-state index < -0.39 is 5.97 Å². The number of hydrogen-bond acceptors (Lipinski definition) is 6. The molecule has 2 aliphatic rings. The number of fused-ring (bicyclic) bond motifs is 3. The summed E-state index contributed by atoms with van der Waals surface area (Å²) in [5, 5.41) is 15.0. The predicted octanol–water partition coefficient (Wildman–Crippen LogP) is 3.34. The second kappa shape index (κ2) is 7.30. The highest BCUT2D eigenvalue weighted by atomic mass is 32.1. The van der Waals surface area contributed by atoms with E-state index in [1.165, 1.54) is 40.5 Å². The number of aromatic nitrogens is 2. The molecule has 1 aliphatic heterocycles. The lowest BCUT2D eigenvalue weighted by Crippen LogP contribution is -2.15. The minimum Gasteiger partial charge on any atom is -0.475 e. The summed E-state index contributed by atoms with van der Waals surface area (Å²) in [6, 6.07) is 5.01. The van der Waals surface area contributed by atoms with Gasteiger partial charge in [0.1, 0.15) is 4.83 Å². The monoisotopic (exact) mass is 389 g/mol. The summed E-state index contributed by atoms with van der Waals surface area (Å²) in [5.74, 6) is -1.48. The zero-order valence-electron chi connectivity index (χ0n) is 14.1. The molecule has 0 amide bonds. The van der Waals surface area contributed by atoms with Crippen LogP contribution in [-0.4, -0.2) is 27.6 Å². The molecule has 1 aliphatic carbocycles. The van der Waals surface area contributed by atoms with E-state index in [1.54, 1.807) is 0 Å². The van der Waals surface area contributed by atoms with Gasteiger partial charge in [-0.1, -0.05) is 6.07 Å². The van der Waals surface area contributed by atoms with Crippen molar-refractivity contribution >= 4 is 38.9 Å². The van der Waals surface area contributed by atoms with Gasteiger partial charge in [-0.3, -0.25) is 4.79 Å². The Labute approximate surface area is 157 Å². The number of rotatable bonds is 2. The summed E-state index contributed by atoms with van der Waals surface area (Å²) in [5.41, 5.74) is 0.729. The fourth-order valence-corrected chi connectivity index (χ4v) is 5.62. The minimum absolute atomic E-state index is 0.280. The Morgan fingerprint density at radius 1 is 1.31 bits per heavy atom. The van der Waals surface area contributed by atoms with Crippen LogP contribution >= 0.6 is 22.7 Å². The Morgan fingerprint density at radius 3 is 2.88 bits per heavy atom. The third-order valence-corrected chi connectivity index (χ3v) is 6.90. The van der Waals surface area contributed by atoms with Crippen LogP contribution in [0.1, 0.15) is 51.2 Å². The molecule has 1 unspecified atom stereocenters. The molecular formula is C18H19N3O3S2. The SMILES string of the molecule is O=C(O)c1nc2sc3c(c2c(=O)[nH]1)CCC3.c1csc(C2CCCN2)c1. The van der Waals surface area contributed by atoms with Crippen molar-refractivity contribution in [3.63, 3.8) is 0 Å². The lowest BCUT2D eigenvalue weighted by molar-refractivity contribution is 0.0683. The van der Waals surface area contributed by atoms with Crippen LogP contribution in [0.2, 0.25) is 0 Å². The Balaban J connectivity index is 0.000000144. The molecule has 26 heavy (non-hydrogen) atoms. The van der Waals surface area contributed by atoms with Gasteiger partial charge in [0.2, 0.25) is 5.82 Å². The van der Waals surface area contributed by atoms with Gasteiger partial charge in [-0.15, -0.1) is 22.7 Å². The molecule has 1 atom stereocenters. The molecule has 3 aromatic heterocycles. The molecule has 0 bridgehead atoms. The van der Waals surface area contributed by atoms with E-state index in [0.717, 1.165) is 24.8 Å². The zero-order valence-corrected chi connectivity index (χ0v) is 15.7. The Kier molecular flexibility index (Phi) is 4.88. The van der Waals surface area contributed by atoms with Crippen LogP contribution in [0.15, 0.2) is 22.3 Å². The lowest BCUT2D eigenvalue weighted by atomic mass is 10.2. The average molecular weight is 390 g/mol. The molecular weight excluding hydrogens is 370 g/mol. The third-order valence-electron chi connectivity index (χ3n) is 4.72. The van der Waals surface area contributed by atoms with Crippen LogP contribution in [0.4, 0.5) is 0 Å². The number of thiophene rings is 2. The largest absolute Gasteiger partial charge is 0.475 e. The maximum Gasteiger partial charge on any atom is 0.372 e. The summed E-state index contributed by atoms with van der Waals surface area (Å²) in [6.07, 6.45) is 5.59. The number of aromatic amines is 1. The van der Waals surface area contributed by atoms with Crippen molar-refractivity contribution in [2.45, 2.75) is 38.1 Å². The first-order valence-corrected chi connectivity index (χ1v) is 10.4. The number of carboxylic acids is 1. The average Bonchev–Trinajstić information content (AvgIpc) is 3.37. The van der Waals surface area contributed by atoms with E-state index in [9.17, 15) is 9.59 Å². The Bertz CT molecular complexity index is 985. The number of H-pyrrole nitrogens is 1. The van der Waals surface area contributed by atoms with Crippen molar-refractivity contribution < 1.29 is 9.90 Å². The molecule has 6 nitrogen and oxygen atoms in total. The van der Waals surface area contributed by atoms with E-state index in [2.05, 4.69) is 32.8 Å². The van der Waals surface area contributed by atoms with Crippen LogP contribution < -0.4 is 10.9 Å². The number of hydrogen-bond donors (Lipinski definition) is 3. The number of nitrogens with zero attached hydrogens (tertiary/aromatic N) is 1. The van der Waals surface area contributed by atoms with E-state index in [-0.39, 0.29) is 11.4 Å². The first-order chi connectivity index (χ1) is 12.6. The molecule has 4 heterocycles. The molecule has 1 saturated heterocycles. The number of carboxylic acid groups (broad SMARTS) is 1. The molecule has 0 saturated carbocycles. The molecule has 5 rings (SSSR count). The van der Waals surface area contributed by atoms with Gasteiger partial charge >= 0.3 is 5.97 Å². The molecule has 1 fully saturated rings. The maximum absolute atomic E-state index is 11.8. The highest BCUT2D eigenvalue weighted by Crippen LogP contribution is 2.34. The number of aryl methyl sites for hydroxylation is 2. The normalized spacial score (nSPS) is 18.5. The van der Waals surface area contributed by atoms with Gasteiger partial charge in [0.05, 0.1) is 5.39 Å². The van der Waals surface area contributed by atoms with E-state index in [1.807, 2.05) is 11.3 Å². The van der Waals surface area contributed by atoms with Crippen molar-refractivity contribution in [2.24, 2.45) is 0 Å². The Morgan fingerprint density at radius 2 is 2.19 bits per heavy atom. The fraction of sp³-hybridized carbons (Fsp3) is 0.389. The van der Waals surface area contributed by atoms with Crippen molar-refractivity contribution in [3.8, 4) is 0 Å². The minimum atomic E-state index is -1.20. The van der Waals surface area contributed by atoms with Gasteiger partial charge in [-0.2, -0.15) is 0 Å².